The number of hydrogen-bond acceptors (Lipinski definition) is 3. The average molecular weight is 263 g/mol. The molecule has 0 N–H and O–H groups in total. The molecule has 0 radical (unpaired) electrons. The van der Waals surface area contributed by atoms with Crippen molar-refractivity contribution in [2.75, 3.05) is 0 Å². The van der Waals surface area contributed by atoms with Gasteiger partial charge in [0.25, 0.3) is 0 Å². The summed E-state index contributed by atoms with van der Waals surface area (Å²) < 4.78 is 0. The molecule has 0 fully saturated rings. The molecule has 0 amide bonds. The van der Waals surface area contributed by atoms with Crippen molar-refractivity contribution in [2.24, 2.45) is 0 Å². The minimum Gasteiger partial charge on any atom is -0.290 e. The number of nitrogens with zero attached hydrogens (tertiary/aromatic N) is 1. The molecule has 0 saturated carbocycles. The topological polar surface area (TPSA) is 47.0 Å². The third-order valence-electron chi connectivity index (χ3n) is 3.48. The summed E-state index contributed by atoms with van der Waals surface area (Å²) in [4.78, 5) is 27.6. The predicted molar refractivity (Wildman–Crippen MR) is 77.4 cm³/mol. The van der Waals surface area contributed by atoms with Crippen molar-refractivity contribution in [1.82, 2.24) is 4.98 Å². The second-order valence-corrected chi connectivity index (χ2v) is 4.89. The molecule has 98 valence electrons. The van der Waals surface area contributed by atoms with Crippen molar-refractivity contribution in [2.45, 2.75) is 13.3 Å². The minimum absolute atomic E-state index is 0.103. The maximum absolute atomic E-state index is 11.8. The van der Waals surface area contributed by atoms with Crippen molar-refractivity contribution in [3.8, 4) is 0 Å². The van der Waals surface area contributed by atoms with Gasteiger partial charge in [-0.3, -0.25) is 14.6 Å². The first-order valence-corrected chi connectivity index (χ1v) is 6.45. The molecular formula is C17H13NO2. The third-order valence-corrected chi connectivity index (χ3v) is 3.48. The van der Waals surface area contributed by atoms with Crippen LogP contribution in [0.5, 0.6) is 0 Å². The van der Waals surface area contributed by atoms with Gasteiger partial charge in [0, 0.05) is 23.6 Å². The fourth-order valence-corrected chi connectivity index (χ4v) is 2.42. The molecule has 1 heterocycles. The normalized spacial score (nSPS) is 14.8. The Kier molecular flexibility index (Phi) is 3.03. The number of rotatable bonds is 2. The Hall–Kier alpha value is -2.55. The van der Waals surface area contributed by atoms with Crippen LogP contribution in [0.15, 0.2) is 54.3 Å². The highest BCUT2D eigenvalue weighted by molar-refractivity contribution is 6.17. The van der Waals surface area contributed by atoms with Crippen LogP contribution in [0.4, 0.5) is 0 Å². The zero-order valence-electron chi connectivity index (χ0n) is 11.1. The van der Waals surface area contributed by atoms with Crippen molar-refractivity contribution in [3.63, 3.8) is 0 Å². The van der Waals surface area contributed by atoms with Crippen LogP contribution in [0.1, 0.15) is 11.1 Å². The van der Waals surface area contributed by atoms with Gasteiger partial charge in [0.1, 0.15) is 0 Å². The van der Waals surface area contributed by atoms with Crippen LogP contribution in [-0.4, -0.2) is 16.6 Å². The Morgan fingerprint density at radius 1 is 1.10 bits per heavy atom. The summed E-state index contributed by atoms with van der Waals surface area (Å²) in [6.45, 7) is 2.03. The third kappa shape index (κ3) is 2.18. The lowest BCUT2D eigenvalue weighted by Gasteiger charge is -2.10. The molecule has 0 aliphatic heterocycles. The summed E-state index contributed by atoms with van der Waals surface area (Å²) in [5, 5.41) is 1.08. The number of ketones is 2. The number of fused-ring (bicyclic) bond motifs is 1. The molecular weight excluding hydrogens is 250 g/mol. The number of allylic oxidation sites excluding steroid dienone is 4. The summed E-state index contributed by atoms with van der Waals surface area (Å²) in [7, 11) is 0. The van der Waals surface area contributed by atoms with E-state index in [0.29, 0.717) is 12.0 Å². The number of benzene rings is 1. The predicted octanol–water partition coefficient (Wildman–Crippen LogP) is 2.72. The van der Waals surface area contributed by atoms with Crippen molar-refractivity contribution >= 4 is 22.5 Å². The maximum Gasteiger partial charge on any atom is 0.182 e. The van der Waals surface area contributed by atoms with E-state index >= 15 is 0 Å². The number of carbonyl (C=O) groups excluding carboxylic acids is 2. The van der Waals surface area contributed by atoms with Crippen LogP contribution in [0, 0.1) is 6.92 Å². The minimum atomic E-state index is -0.135. The lowest BCUT2D eigenvalue weighted by atomic mass is 9.94. The van der Waals surface area contributed by atoms with Crippen molar-refractivity contribution < 1.29 is 9.59 Å². The molecule has 0 bridgehead atoms. The molecule has 20 heavy (non-hydrogen) atoms. The van der Waals surface area contributed by atoms with Crippen LogP contribution < -0.4 is 0 Å². The Morgan fingerprint density at radius 3 is 2.80 bits per heavy atom. The fourth-order valence-electron chi connectivity index (χ4n) is 2.42. The summed E-state index contributed by atoms with van der Waals surface area (Å²) in [6, 6.07) is 7.91. The van der Waals surface area contributed by atoms with E-state index in [1.165, 1.54) is 18.2 Å². The number of carbonyl (C=O) groups is 2. The molecule has 0 atom stereocenters. The van der Waals surface area contributed by atoms with E-state index in [1.54, 1.807) is 6.20 Å². The number of aromatic nitrogens is 1. The van der Waals surface area contributed by atoms with Crippen molar-refractivity contribution in [3.05, 3.63) is 65.4 Å². The van der Waals surface area contributed by atoms with Gasteiger partial charge in [-0.2, -0.15) is 0 Å². The lowest BCUT2D eigenvalue weighted by Crippen LogP contribution is -2.10. The van der Waals surface area contributed by atoms with Gasteiger partial charge in [-0.1, -0.05) is 18.2 Å². The number of aryl methyl sites for hydroxylation is 1. The monoisotopic (exact) mass is 263 g/mol. The van der Waals surface area contributed by atoms with Crippen LogP contribution >= 0.6 is 0 Å². The van der Waals surface area contributed by atoms with Gasteiger partial charge < -0.3 is 0 Å². The van der Waals surface area contributed by atoms with E-state index < -0.39 is 0 Å². The number of pyridine rings is 1. The Labute approximate surface area is 116 Å². The van der Waals surface area contributed by atoms with E-state index in [9.17, 15) is 9.59 Å². The summed E-state index contributed by atoms with van der Waals surface area (Å²) in [5.74, 6) is -0.238. The van der Waals surface area contributed by atoms with Crippen LogP contribution in [0.25, 0.3) is 10.9 Å². The molecule has 1 aromatic heterocycles. The van der Waals surface area contributed by atoms with E-state index in [4.69, 9.17) is 0 Å². The second-order valence-electron chi connectivity index (χ2n) is 4.89. The summed E-state index contributed by atoms with van der Waals surface area (Å²) in [6.07, 6.45) is 6.23. The van der Waals surface area contributed by atoms with Gasteiger partial charge in [0.15, 0.2) is 11.6 Å². The lowest BCUT2D eigenvalue weighted by molar-refractivity contribution is -0.114. The first-order valence-electron chi connectivity index (χ1n) is 6.45. The van der Waals surface area contributed by atoms with E-state index in [2.05, 4.69) is 4.98 Å². The van der Waals surface area contributed by atoms with Crippen LogP contribution in [0.3, 0.4) is 0 Å². The summed E-state index contributed by atoms with van der Waals surface area (Å²) in [5.41, 5.74) is 3.53. The summed E-state index contributed by atoms with van der Waals surface area (Å²) >= 11 is 0. The van der Waals surface area contributed by atoms with E-state index in [1.807, 2.05) is 31.2 Å². The molecule has 0 unspecified atom stereocenters. The SMILES string of the molecule is Cc1ccc(CC2=CC(=O)C=CC2=O)c2ncccc12. The molecule has 1 aromatic carbocycles. The standard InChI is InChI=1S/C17H13NO2/c1-11-4-5-12(17-15(11)3-2-8-18-17)9-13-10-14(19)6-7-16(13)20/h2-8,10H,9H2,1H3. The quantitative estimate of drug-likeness (QED) is 0.783. The molecule has 3 nitrogen and oxygen atoms in total. The van der Waals surface area contributed by atoms with Crippen LogP contribution in [-0.2, 0) is 16.0 Å². The maximum atomic E-state index is 11.8. The Balaban J connectivity index is 2.06. The van der Waals surface area contributed by atoms with Gasteiger partial charge in [-0.15, -0.1) is 0 Å². The molecule has 0 saturated heterocycles. The van der Waals surface area contributed by atoms with E-state index in [-0.39, 0.29) is 11.6 Å². The smallest absolute Gasteiger partial charge is 0.182 e. The van der Waals surface area contributed by atoms with E-state index in [0.717, 1.165) is 22.0 Å². The highest BCUT2D eigenvalue weighted by Gasteiger charge is 2.15. The van der Waals surface area contributed by atoms with Gasteiger partial charge in [0.2, 0.25) is 0 Å². The zero-order chi connectivity index (χ0) is 14.1. The molecule has 3 rings (SSSR count). The second kappa shape index (κ2) is 4.85. The molecule has 2 aromatic rings. The van der Waals surface area contributed by atoms with Gasteiger partial charge in [0.05, 0.1) is 5.52 Å². The largest absolute Gasteiger partial charge is 0.290 e. The van der Waals surface area contributed by atoms with Gasteiger partial charge in [-0.25, -0.2) is 0 Å². The molecule has 3 heteroatoms. The average Bonchev–Trinajstić information content (AvgIpc) is 2.46. The molecule has 1 aliphatic carbocycles. The first-order chi connectivity index (χ1) is 9.65. The highest BCUT2D eigenvalue weighted by Crippen LogP contribution is 2.23. The van der Waals surface area contributed by atoms with Crippen LogP contribution in [0.2, 0.25) is 0 Å². The number of hydrogen-bond donors (Lipinski definition) is 0. The first kappa shape index (κ1) is 12.5. The Bertz CT molecular complexity index is 785. The van der Waals surface area contributed by atoms with Gasteiger partial charge >= 0.3 is 0 Å². The highest BCUT2D eigenvalue weighted by atomic mass is 16.1. The zero-order valence-corrected chi connectivity index (χ0v) is 11.1. The molecule has 0 spiro atoms. The fraction of sp³-hybridized carbons (Fsp3) is 0.118. The Morgan fingerprint density at radius 2 is 1.95 bits per heavy atom. The van der Waals surface area contributed by atoms with Gasteiger partial charge in [-0.05, 0) is 42.3 Å². The van der Waals surface area contributed by atoms with Crippen molar-refractivity contribution in [1.29, 1.82) is 0 Å². The molecule has 1 aliphatic rings.